The van der Waals surface area contributed by atoms with Gasteiger partial charge in [0.2, 0.25) is 0 Å². The topological polar surface area (TPSA) is 58.6 Å². The SMILES string of the molecule is O=C1CCc2c1cccc2C(=O)N[C@H]1COC[C@@H]1N1CCCC1. The van der Waals surface area contributed by atoms with Crippen LogP contribution in [0.25, 0.3) is 0 Å². The molecule has 4 rings (SSSR count). The average Bonchev–Trinajstić information content (AvgIpc) is 3.28. The number of carbonyl (C=O) groups excluding carboxylic acids is 2. The zero-order valence-corrected chi connectivity index (χ0v) is 13.2. The van der Waals surface area contributed by atoms with E-state index in [1.165, 1.54) is 12.8 Å². The Morgan fingerprint density at radius 2 is 2.00 bits per heavy atom. The fraction of sp³-hybridized carbons (Fsp3) is 0.556. The molecule has 0 saturated carbocycles. The maximum atomic E-state index is 12.7. The molecule has 0 radical (unpaired) electrons. The number of nitrogens with one attached hydrogen (secondary N) is 1. The van der Waals surface area contributed by atoms with Crippen LogP contribution in [0, 0.1) is 0 Å². The quantitative estimate of drug-likeness (QED) is 0.916. The Morgan fingerprint density at radius 3 is 2.83 bits per heavy atom. The lowest BCUT2D eigenvalue weighted by atomic mass is 10.0. The first kappa shape index (κ1) is 14.8. The summed E-state index contributed by atoms with van der Waals surface area (Å²) in [6.45, 7) is 3.45. The van der Waals surface area contributed by atoms with E-state index in [4.69, 9.17) is 4.74 Å². The first-order chi connectivity index (χ1) is 11.2. The number of Topliss-reactive ketones (excluding diaryl/α,β-unsaturated/α-hetero) is 1. The second kappa shape index (κ2) is 6.06. The highest BCUT2D eigenvalue weighted by Gasteiger charge is 2.36. The molecule has 2 atom stereocenters. The van der Waals surface area contributed by atoms with Gasteiger partial charge in [-0.1, -0.05) is 12.1 Å². The van der Waals surface area contributed by atoms with E-state index in [0.29, 0.717) is 31.6 Å². The number of ketones is 1. The molecule has 0 spiro atoms. The Balaban J connectivity index is 1.51. The summed E-state index contributed by atoms with van der Waals surface area (Å²) in [5, 5.41) is 3.15. The molecule has 1 aromatic carbocycles. The summed E-state index contributed by atoms with van der Waals surface area (Å²) >= 11 is 0. The summed E-state index contributed by atoms with van der Waals surface area (Å²) in [6.07, 6.45) is 3.65. The molecule has 2 saturated heterocycles. The molecular weight excluding hydrogens is 292 g/mol. The van der Waals surface area contributed by atoms with E-state index in [9.17, 15) is 9.59 Å². The van der Waals surface area contributed by atoms with Gasteiger partial charge in [-0.2, -0.15) is 0 Å². The maximum Gasteiger partial charge on any atom is 0.251 e. The maximum absolute atomic E-state index is 12.7. The average molecular weight is 314 g/mol. The van der Waals surface area contributed by atoms with Crippen molar-refractivity contribution in [2.24, 2.45) is 0 Å². The number of likely N-dealkylation sites (tertiary alicyclic amines) is 1. The summed E-state index contributed by atoms with van der Waals surface area (Å²) < 4.78 is 5.62. The van der Waals surface area contributed by atoms with Crippen molar-refractivity contribution in [2.45, 2.75) is 37.8 Å². The van der Waals surface area contributed by atoms with Gasteiger partial charge in [-0.15, -0.1) is 0 Å². The van der Waals surface area contributed by atoms with Crippen molar-refractivity contribution in [1.29, 1.82) is 0 Å². The Kier molecular flexibility index (Phi) is 3.91. The molecule has 1 amide bonds. The van der Waals surface area contributed by atoms with Crippen LogP contribution >= 0.6 is 0 Å². The van der Waals surface area contributed by atoms with Gasteiger partial charge in [0.05, 0.1) is 25.3 Å². The van der Waals surface area contributed by atoms with E-state index in [-0.39, 0.29) is 23.8 Å². The number of benzene rings is 1. The summed E-state index contributed by atoms with van der Waals surface area (Å²) in [4.78, 5) is 27.0. The van der Waals surface area contributed by atoms with Crippen LogP contribution in [0.15, 0.2) is 18.2 Å². The number of nitrogens with zero attached hydrogens (tertiary/aromatic N) is 1. The lowest BCUT2D eigenvalue weighted by Crippen LogP contribution is -2.50. The smallest absolute Gasteiger partial charge is 0.251 e. The third kappa shape index (κ3) is 2.68. The van der Waals surface area contributed by atoms with E-state index < -0.39 is 0 Å². The zero-order valence-electron chi connectivity index (χ0n) is 13.2. The van der Waals surface area contributed by atoms with Crippen LogP contribution in [0.3, 0.4) is 0 Å². The molecule has 2 heterocycles. The standard InChI is InChI=1S/C18H22N2O3/c21-17-7-6-12-13(17)4-3-5-14(12)18(22)19-15-10-23-11-16(15)20-8-1-2-9-20/h3-5,15-16H,1-2,6-11H2,(H,19,22)/t15-,16-/m0/s1. The summed E-state index contributed by atoms with van der Waals surface area (Å²) in [6, 6.07) is 5.77. The zero-order chi connectivity index (χ0) is 15.8. The lowest BCUT2D eigenvalue weighted by Gasteiger charge is -2.28. The molecule has 0 bridgehead atoms. The van der Waals surface area contributed by atoms with Crippen molar-refractivity contribution in [3.63, 3.8) is 0 Å². The molecule has 23 heavy (non-hydrogen) atoms. The minimum absolute atomic E-state index is 0.0357. The first-order valence-electron chi connectivity index (χ1n) is 8.52. The number of hydrogen-bond acceptors (Lipinski definition) is 4. The molecule has 1 aromatic rings. The number of ether oxygens (including phenoxy) is 1. The van der Waals surface area contributed by atoms with E-state index in [2.05, 4.69) is 10.2 Å². The third-order valence-electron chi connectivity index (χ3n) is 5.30. The highest BCUT2D eigenvalue weighted by molar-refractivity contribution is 6.05. The van der Waals surface area contributed by atoms with Crippen molar-refractivity contribution >= 4 is 11.7 Å². The van der Waals surface area contributed by atoms with Crippen LogP contribution in [0.5, 0.6) is 0 Å². The molecule has 0 unspecified atom stereocenters. The predicted molar refractivity (Wildman–Crippen MR) is 85.8 cm³/mol. The Morgan fingerprint density at radius 1 is 1.17 bits per heavy atom. The fourth-order valence-electron chi connectivity index (χ4n) is 4.06. The minimum Gasteiger partial charge on any atom is -0.378 e. The van der Waals surface area contributed by atoms with Gasteiger partial charge in [0.1, 0.15) is 0 Å². The van der Waals surface area contributed by atoms with Crippen LogP contribution in [0.4, 0.5) is 0 Å². The summed E-state index contributed by atoms with van der Waals surface area (Å²) in [7, 11) is 0. The molecule has 3 aliphatic rings. The van der Waals surface area contributed by atoms with Crippen molar-refractivity contribution in [2.75, 3.05) is 26.3 Å². The number of carbonyl (C=O) groups is 2. The normalized spacial score (nSPS) is 27.4. The van der Waals surface area contributed by atoms with Crippen LogP contribution < -0.4 is 5.32 Å². The Labute approximate surface area is 136 Å². The number of amides is 1. The fourth-order valence-corrected chi connectivity index (χ4v) is 4.06. The molecule has 5 nitrogen and oxygen atoms in total. The first-order valence-corrected chi connectivity index (χ1v) is 8.52. The van der Waals surface area contributed by atoms with Crippen molar-refractivity contribution < 1.29 is 14.3 Å². The van der Waals surface area contributed by atoms with E-state index >= 15 is 0 Å². The summed E-state index contributed by atoms with van der Waals surface area (Å²) in [5.74, 6) is 0.0741. The molecule has 0 aromatic heterocycles. The monoisotopic (exact) mass is 314 g/mol. The number of hydrogen-bond donors (Lipinski definition) is 1. The molecule has 2 aliphatic heterocycles. The Bertz CT molecular complexity index is 637. The van der Waals surface area contributed by atoms with Crippen LogP contribution in [-0.2, 0) is 11.2 Å². The van der Waals surface area contributed by atoms with Gasteiger partial charge in [-0.25, -0.2) is 0 Å². The van der Waals surface area contributed by atoms with Crippen molar-refractivity contribution in [3.8, 4) is 0 Å². The van der Waals surface area contributed by atoms with Crippen LogP contribution in [-0.4, -0.2) is 55.0 Å². The van der Waals surface area contributed by atoms with Gasteiger partial charge < -0.3 is 10.1 Å². The molecular formula is C18H22N2O3. The molecule has 1 aliphatic carbocycles. The van der Waals surface area contributed by atoms with Gasteiger partial charge in [-0.05, 0) is 44.0 Å². The van der Waals surface area contributed by atoms with Crippen molar-refractivity contribution in [1.82, 2.24) is 10.2 Å². The second-order valence-electron chi connectivity index (χ2n) is 6.68. The largest absolute Gasteiger partial charge is 0.378 e. The van der Waals surface area contributed by atoms with Crippen molar-refractivity contribution in [3.05, 3.63) is 34.9 Å². The van der Waals surface area contributed by atoms with E-state index in [0.717, 1.165) is 24.2 Å². The molecule has 1 N–H and O–H groups in total. The third-order valence-corrected chi connectivity index (χ3v) is 5.30. The second-order valence-corrected chi connectivity index (χ2v) is 6.68. The molecule has 5 heteroatoms. The van der Waals surface area contributed by atoms with Gasteiger partial charge in [0.25, 0.3) is 5.91 Å². The predicted octanol–water partition coefficient (Wildman–Crippen LogP) is 1.41. The van der Waals surface area contributed by atoms with Crippen LogP contribution in [0.1, 0.15) is 45.5 Å². The van der Waals surface area contributed by atoms with E-state index in [1.807, 2.05) is 12.1 Å². The number of fused-ring (bicyclic) bond motifs is 1. The van der Waals surface area contributed by atoms with E-state index in [1.54, 1.807) is 6.07 Å². The Hall–Kier alpha value is -1.72. The van der Waals surface area contributed by atoms with Gasteiger partial charge in [-0.3, -0.25) is 14.5 Å². The summed E-state index contributed by atoms with van der Waals surface area (Å²) in [5.41, 5.74) is 2.28. The highest BCUT2D eigenvalue weighted by Crippen LogP contribution is 2.26. The molecule has 122 valence electrons. The lowest BCUT2D eigenvalue weighted by molar-refractivity contribution is 0.0915. The minimum atomic E-state index is -0.0729. The van der Waals surface area contributed by atoms with Gasteiger partial charge in [0.15, 0.2) is 5.78 Å². The van der Waals surface area contributed by atoms with Gasteiger partial charge in [0, 0.05) is 17.5 Å². The van der Waals surface area contributed by atoms with Crippen LogP contribution in [0.2, 0.25) is 0 Å². The number of rotatable bonds is 3. The highest BCUT2D eigenvalue weighted by atomic mass is 16.5. The molecule has 2 fully saturated rings. The van der Waals surface area contributed by atoms with Gasteiger partial charge >= 0.3 is 0 Å².